The van der Waals surface area contributed by atoms with Gasteiger partial charge in [-0.2, -0.15) is 0 Å². The van der Waals surface area contributed by atoms with E-state index >= 15 is 0 Å². The fourth-order valence-corrected chi connectivity index (χ4v) is 3.97. The van der Waals surface area contributed by atoms with Crippen LogP contribution in [0.3, 0.4) is 0 Å². The van der Waals surface area contributed by atoms with Gasteiger partial charge in [-0.05, 0) is 67.8 Å². The van der Waals surface area contributed by atoms with Gasteiger partial charge in [0.25, 0.3) is 0 Å². The molecule has 168 valence electrons. The average Bonchev–Trinajstić information content (AvgIpc) is 3.21. The molecule has 0 atom stereocenters. The highest BCUT2D eigenvalue weighted by molar-refractivity contribution is 6.30. The van der Waals surface area contributed by atoms with Crippen molar-refractivity contribution in [3.63, 3.8) is 0 Å². The van der Waals surface area contributed by atoms with Gasteiger partial charge < -0.3 is 14.5 Å². The van der Waals surface area contributed by atoms with Crippen LogP contribution < -0.4 is 10.1 Å². The molecule has 3 aromatic carbocycles. The van der Waals surface area contributed by atoms with E-state index < -0.39 is 0 Å². The highest BCUT2D eigenvalue weighted by Gasteiger charge is 2.19. The first kappa shape index (κ1) is 22.6. The molecule has 4 aromatic rings. The van der Waals surface area contributed by atoms with Gasteiger partial charge in [-0.3, -0.25) is 4.79 Å². The number of carbonyl (C=O) groups excluding carboxylic acids is 1. The third kappa shape index (κ3) is 4.50. The molecule has 1 amide bonds. The van der Waals surface area contributed by atoms with E-state index in [0.717, 1.165) is 27.6 Å². The topological polar surface area (TPSA) is 51.5 Å². The van der Waals surface area contributed by atoms with E-state index in [1.54, 1.807) is 32.4 Å². The number of anilines is 1. The molecule has 0 saturated heterocycles. The summed E-state index contributed by atoms with van der Waals surface area (Å²) >= 11 is 6.04. The normalized spacial score (nSPS) is 11.6. The number of aryl methyl sites for hydroxylation is 2. The standard InChI is InChI=1S/C27H23ClFNO3/c1-15-5-10-20(12-24(15)29)30-25(31)11-16(2)21-13-22-23(18-6-8-19(28)9-7-18)14-33-27(22)17(3)26(21)32-4/h5-14H,1-4H3,(H,30,31)/b16-11+. The summed E-state index contributed by atoms with van der Waals surface area (Å²) in [5, 5.41) is 4.27. The van der Waals surface area contributed by atoms with Crippen molar-refractivity contribution in [1.29, 1.82) is 0 Å². The first-order valence-electron chi connectivity index (χ1n) is 10.4. The minimum absolute atomic E-state index is 0.360. The number of hydrogen-bond donors (Lipinski definition) is 1. The van der Waals surface area contributed by atoms with E-state index in [4.69, 9.17) is 20.8 Å². The number of allylic oxidation sites excluding steroid dienone is 1. The van der Waals surface area contributed by atoms with Crippen LogP contribution in [-0.4, -0.2) is 13.0 Å². The van der Waals surface area contributed by atoms with Crippen molar-refractivity contribution in [2.45, 2.75) is 20.8 Å². The monoisotopic (exact) mass is 463 g/mol. The molecule has 6 heteroatoms. The number of hydrogen-bond acceptors (Lipinski definition) is 3. The molecule has 1 N–H and O–H groups in total. The minimum atomic E-state index is -0.370. The first-order chi connectivity index (χ1) is 15.8. The summed E-state index contributed by atoms with van der Waals surface area (Å²) < 4.78 is 25.4. The lowest BCUT2D eigenvalue weighted by Gasteiger charge is -2.13. The minimum Gasteiger partial charge on any atom is -0.496 e. The molecule has 0 radical (unpaired) electrons. The van der Waals surface area contributed by atoms with Gasteiger partial charge in [0, 0.05) is 38.9 Å². The maximum Gasteiger partial charge on any atom is 0.248 e. The maximum atomic E-state index is 13.8. The van der Waals surface area contributed by atoms with E-state index in [1.165, 1.54) is 12.1 Å². The number of nitrogens with one attached hydrogen (secondary N) is 1. The zero-order valence-corrected chi connectivity index (χ0v) is 19.5. The molecule has 0 saturated carbocycles. The van der Waals surface area contributed by atoms with Gasteiger partial charge in [-0.1, -0.05) is 29.8 Å². The van der Waals surface area contributed by atoms with Gasteiger partial charge in [-0.15, -0.1) is 0 Å². The Bertz CT molecular complexity index is 1390. The fraction of sp³-hybridized carbons (Fsp3) is 0.148. The highest BCUT2D eigenvalue weighted by Crippen LogP contribution is 2.40. The number of furan rings is 1. The summed E-state index contributed by atoms with van der Waals surface area (Å²) in [5.41, 5.74) is 5.81. The average molecular weight is 464 g/mol. The van der Waals surface area contributed by atoms with Crippen molar-refractivity contribution in [3.8, 4) is 16.9 Å². The molecule has 0 fully saturated rings. The molecule has 0 unspecified atom stereocenters. The number of benzene rings is 3. The van der Waals surface area contributed by atoms with Crippen LogP contribution in [0.1, 0.15) is 23.6 Å². The molecule has 0 aliphatic rings. The molecule has 33 heavy (non-hydrogen) atoms. The Labute approximate surface area is 196 Å². The van der Waals surface area contributed by atoms with Crippen LogP contribution in [0.4, 0.5) is 10.1 Å². The number of amides is 1. The third-order valence-electron chi connectivity index (χ3n) is 5.62. The quantitative estimate of drug-likeness (QED) is 0.311. The number of carbonyl (C=O) groups is 1. The van der Waals surface area contributed by atoms with E-state index in [0.29, 0.717) is 33.2 Å². The lowest BCUT2D eigenvalue weighted by molar-refractivity contribution is -0.111. The Morgan fingerprint density at radius 2 is 1.85 bits per heavy atom. The lowest BCUT2D eigenvalue weighted by atomic mass is 9.96. The summed E-state index contributed by atoms with van der Waals surface area (Å²) in [6, 6.07) is 14.1. The van der Waals surface area contributed by atoms with E-state index in [-0.39, 0.29) is 11.7 Å². The zero-order valence-electron chi connectivity index (χ0n) is 18.8. The summed E-state index contributed by atoms with van der Waals surface area (Å²) in [7, 11) is 1.59. The van der Waals surface area contributed by atoms with Gasteiger partial charge in [-0.25, -0.2) is 4.39 Å². The van der Waals surface area contributed by atoms with Crippen LogP contribution in [0, 0.1) is 19.7 Å². The molecule has 0 bridgehead atoms. The SMILES string of the molecule is COc1c(/C(C)=C/C(=O)Nc2ccc(C)c(F)c2)cc2c(-c3ccc(Cl)cc3)coc2c1C. The van der Waals surface area contributed by atoms with E-state index in [2.05, 4.69) is 5.32 Å². The maximum absolute atomic E-state index is 13.8. The van der Waals surface area contributed by atoms with Gasteiger partial charge in [0.15, 0.2) is 0 Å². The number of halogens is 2. The van der Waals surface area contributed by atoms with Crippen LogP contribution in [0.5, 0.6) is 5.75 Å². The molecule has 1 heterocycles. The van der Waals surface area contributed by atoms with Crippen molar-refractivity contribution in [1.82, 2.24) is 0 Å². The van der Waals surface area contributed by atoms with Crippen molar-refractivity contribution in [3.05, 3.63) is 88.4 Å². The Hall–Kier alpha value is -3.57. The van der Waals surface area contributed by atoms with Gasteiger partial charge in [0.2, 0.25) is 5.91 Å². The van der Waals surface area contributed by atoms with E-state index in [9.17, 15) is 9.18 Å². The summed E-state index contributed by atoms with van der Waals surface area (Å²) in [6.45, 7) is 5.42. The van der Waals surface area contributed by atoms with Crippen LogP contribution in [0.2, 0.25) is 5.02 Å². The number of rotatable bonds is 5. The molecule has 0 spiro atoms. The Balaban J connectivity index is 1.74. The Morgan fingerprint density at radius 1 is 1.12 bits per heavy atom. The second kappa shape index (κ2) is 9.12. The smallest absolute Gasteiger partial charge is 0.248 e. The molecule has 1 aromatic heterocycles. The van der Waals surface area contributed by atoms with E-state index in [1.807, 2.05) is 44.2 Å². The molecule has 0 aliphatic carbocycles. The Morgan fingerprint density at radius 3 is 2.52 bits per heavy atom. The fourth-order valence-electron chi connectivity index (χ4n) is 3.85. The third-order valence-corrected chi connectivity index (χ3v) is 5.87. The van der Waals surface area contributed by atoms with Crippen LogP contribution in [-0.2, 0) is 4.79 Å². The Kier molecular flexibility index (Phi) is 6.25. The van der Waals surface area contributed by atoms with Crippen LogP contribution in [0.25, 0.3) is 27.7 Å². The number of methoxy groups -OCH3 is 1. The number of ether oxygens (including phenoxy) is 1. The summed E-state index contributed by atoms with van der Waals surface area (Å²) in [6.07, 6.45) is 3.19. The molecule has 0 aliphatic heterocycles. The predicted octanol–water partition coefficient (Wildman–Crippen LogP) is 7.56. The van der Waals surface area contributed by atoms with Gasteiger partial charge in [0.1, 0.15) is 17.1 Å². The zero-order chi connectivity index (χ0) is 23.7. The van der Waals surface area contributed by atoms with Crippen molar-refractivity contribution in [2.75, 3.05) is 12.4 Å². The molecule has 4 nitrogen and oxygen atoms in total. The first-order valence-corrected chi connectivity index (χ1v) is 10.8. The highest BCUT2D eigenvalue weighted by atomic mass is 35.5. The van der Waals surface area contributed by atoms with Crippen molar-refractivity contribution in [2.24, 2.45) is 0 Å². The largest absolute Gasteiger partial charge is 0.496 e. The van der Waals surface area contributed by atoms with Crippen LogP contribution in [0.15, 0.2) is 65.3 Å². The molecular weight excluding hydrogens is 441 g/mol. The predicted molar refractivity (Wildman–Crippen MR) is 131 cm³/mol. The number of fused-ring (bicyclic) bond motifs is 1. The molecule has 4 rings (SSSR count). The van der Waals surface area contributed by atoms with Gasteiger partial charge in [0.05, 0.1) is 13.4 Å². The second-order valence-corrected chi connectivity index (χ2v) is 8.33. The van der Waals surface area contributed by atoms with Crippen molar-refractivity contribution >= 4 is 39.7 Å². The lowest BCUT2D eigenvalue weighted by Crippen LogP contribution is -2.09. The van der Waals surface area contributed by atoms with Gasteiger partial charge >= 0.3 is 0 Å². The summed E-state index contributed by atoms with van der Waals surface area (Å²) in [4.78, 5) is 12.6. The van der Waals surface area contributed by atoms with Crippen molar-refractivity contribution < 1.29 is 18.3 Å². The van der Waals surface area contributed by atoms with Crippen LogP contribution >= 0.6 is 11.6 Å². The summed E-state index contributed by atoms with van der Waals surface area (Å²) in [5.74, 6) is -0.103. The molecular formula is C27H23ClFNO3. The second-order valence-electron chi connectivity index (χ2n) is 7.90.